The molecule has 0 saturated carbocycles. The van der Waals surface area contributed by atoms with Crippen molar-refractivity contribution in [3.8, 4) is 11.6 Å². The Morgan fingerprint density at radius 2 is 2.11 bits per heavy atom. The van der Waals surface area contributed by atoms with Crippen molar-refractivity contribution in [3.05, 3.63) is 46.9 Å². The third-order valence-electron chi connectivity index (χ3n) is 2.25. The second-order valence-electron chi connectivity index (χ2n) is 3.66. The highest BCUT2D eigenvalue weighted by Gasteiger charge is 2.11. The molecule has 1 aromatic heterocycles. The van der Waals surface area contributed by atoms with Crippen molar-refractivity contribution >= 4 is 23.2 Å². The number of primary amides is 1. The average molecular weight is 282 g/mol. The minimum atomic E-state index is -0.854. The number of nitrogens with zero attached hydrogens (tertiary/aromatic N) is 1. The summed E-state index contributed by atoms with van der Waals surface area (Å²) < 4.78 is 18.8. The van der Waals surface area contributed by atoms with Crippen LogP contribution in [0.1, 0.15) is 10.4 Å². The number of nitrogens with two attached hydrogens (primary N) is 2. The zero-order chi connectivity index (χ0) is 14.0. The van der Waals surface area contributed by atoms with Gasteiger partial charge in [-0.3, -0.25) is 4.79 Å². The maximum absolute atomic E-state index is 13.5. The molecule has 2 aromatic rings. The van der Waals surface area contributed by atoms with Crippen molar-refractivity contribution in [2.45, 2.75) is 0 Å². The summed E-state index contributed by atoms with van der Waals surface area (Å²) in [5, 5.41) is 0.194. The molecule has 5 nitrogen and oxygen atoms in total. The summed E-state index contributed by atoms with van der Waals surface area (Å²) >= 11 is 5.87. The fourth-order valence-corrected chi connectivity index (χ4v) is 1.60. The number of carbonyl (C=O) groups excluding carboxylic acids is 1. The first-order valence-corrected chi connectivity index (χ1v) is 5.53. The van der Waals surface area contributed by atoms with Gasteiger partial charge < -0.3 is 16.2 Å². The van der Waals surface area contributed by atoms with Gasteiger partial charge in [-0.05, 0) is 18.2 Å². The van der Waals surface area contributed by atoms with Gasteiger partial charge in [0.2, 0.25) is 5.88 Å². The van der Waals surface area contributed by atoms with E-state index in [0.29, 0.717) is 5.69 Å². The van der Waals surface area contributed by atoms with Crippen LogP contribution in [0, 0.1) is 5.82 Å². The number of amides is 1. The standard InChI is InChI=1S/C12H9ClFN3O2/c13-9-3-6(15)5-17-12(9)19-7-1-2-8(11(16)18)10(14)4-7/h1-5H,15H2,(H2,16,18). The van der Waals surface area contributed by atoms with Crippen LogP contribution in [-0.4, -0.2) is 10.9 Å². The van der Waals surface area contributed by atoms with Gasteiger partial charge >= 0.3 is 0 Å². The Kier molecular flexibility index (Phi) is 3.52. The predicted octanol–water partition coefficient (Wildman–Crippen LogP) is 2.35. The number of hydrogen-bond donors (Lipinski definition) is 2. The number of rotatable bonds is 3. The van der Waals surface area contributed by atoms with E-state index in [-0.39, 0.29) is 22.2 Å². The van der Waals surface area contributed by atoms with Crippen LogP contribution in [0.2, 0.25) is 5.02 Å². The zero-order valence-corrected chi connectivity index (χ0v) is 10.3. The van der Waals surface area contributed by atoms with E-state index >= 15 is 0 Å². The Morgan fingerprint density at radius 3 is 2.68 bits per heavy atom. The fourth-order valence-electron chi connectivity index (χ4n) is 1.39. The average Bonchev–Trinajstić information content (AvgIpc) is 2.32. The van der Waals surface area contributed by atoms with Crippen LogP contribution in [0.3, 0.4) is 0 Å². The minimum Gasteiger partial charge on any atom is -0.437 e. The lowest BCUT2D eigenvalue weighted by Crippen LogP contribution is -2.12. The number of benzene rings is 1. The lowest BCUT2D eigenvalue weighted by molar-refractivity contribution is 0.0996. The molecule has 1 amide bonds. The summed E-state index contributed by atoms with van der Waals surface area (Å²) in [4.78, 5) is 14.7. The number of halogens is 2. The highest BCUT2D eigenvalue weighted by molar-refractivity contribution is 6.32. The van der Waals surface area contributed by atoms with Gasteiger partial charge in [0, 0.05) is 6.07 Å². The summed E-state index contributed by atoms with van der Waals surface area (Å²) in [6.07, 6.45) is 1.36. The Balaban J connectivity index is 2.29. The predicted molar refractivity (Wildman–Crippen MR) is 68.7 cm³/mol. The van der Waals surface area contributed by atoms with Gasteiger partial charge in [0.1, 0.15) is 16.6 Å². The van der Waals surface area contributed by atoms with E-state index < -0.39 is 11.7 Å². The summed E-state index contributed by atoms with van der Waals surface area (Å²) in [5.41, 5.74) is 10.6. The second-order valence-corrected chi connectivity index (χ2v) is 4.07. The molecule has 19 heavy (non-hydrogen) atoms. The number of hydrogen-bond acceptors (Lipinski definition) is 4. The number of ether oxygens (including phenoxy) is 1. The molecular weight excluding hydrogens is 273 g/mol. The van der Waals surface area contributed by atoms with E-state index in [1.807, 2.05) is 0 Å². The molecule has 2 rings (SSSR count). The first-order valence-electron chi connectivity index (χ1n) is 5.15. The topological polar surface area (TPSA) is 91.2 Å². The van der Waals surface area contributed by atoms with E-state index in [1.54, 1.807) is 0 Å². The molecule has 1 heterocycles. The fraction of sp³-hybridized carbons (Fsp3) is 0. The van der Waals surface area contributed by atoms with Crippen molar-refractivity contribution < 1.29 is 13.9 Å². The highest BCUT2D eigenvalue weighted by atomic mass is 35.5. The van der Waals surface area contributed by atoms with Crippen LogP contribution in [-0.2, 0) is 0 Å². The van der Waals surface area contributed by atoms with Crippen LogP contribution >= 0.6 is 11.6 Å². The molecule has 1 aromatic carbocycles. The van der Waals surface area contributed by atoms with Gasteiger partial charge in [0.25, 0.3) is 5.91 Å². The van der Waals surface area contributed by atoms with Gasteiger partial charge in [-0.1, -0.05) is 11.6 Å². The highest BCUT2D eigenvalue weighted by Crippen LogP contribution is 2.29. The molecule has 4 N–H and O–H groups in total. The largest absolute Gasteiger partial charge is 0.437 e. The number of aromatic nitrogens is 1. The van der Waals surface area contributed by atoms with Crippen molar-refractivity contribution in [1.82, 2.24) is 4.98 Å². The summed E-state index contributed by atoms with van der Waals surface area (Å²) in [6, 6.07) is 5.09. The second kappa shape index (κ2) is 5.11. The van der Waals surface area contributed by atoms with Crippen molar-refractivity contribution in [2.24, 2.45) is 5.73 Å². The molecule has 0 bridgehead atoms. The van der Waals surface area contributed by atoms with E-state index in [9.17, 15) is 9.18 Å². The summed E-state index contributed by atoms with van der Waals surface area (Å²) in [6.45, 7) is 0. The Labute approximate surface area is 112 Å². The van der Waals surface area contributed by atoms with Crippen molar-refractivity contribution in [2.75, 3.05) is 5.73 Å². The Bertz CT molecular complexity index is 649. The maximum Gasteiger partial charge on any atom is 0.251 e. The normalized spacial score (nSPS) is 10.2. The molecule has 98 valence electrons. The molecule has 0 aliphatic heterocycles. The molecule has 0 radical (unpaired) electrons. The zero-order valence-electron chi connectivity index (χ0n) is 9.56. The van der Waals surface area contributed by atoms with Gasteiger partial charge in [0.15, 0.2) is 0 Å². The number of carbonyl (C=O) groups is 1. The van der Waals surface area contributed by atoms with Crippen LogP contribution < -0.4 is 16.2 Å². The van der Waals surface area contributed by atoms with Crippen LogP contribution in [0.5, 0.6) is 11.6 Å². The van der Waals surface area contributed by atoms with E-state index in [4.69, 9.17) is 27.8 Å². The van der Waals surface area contributed by atoms with Gasteiger partial charge in [-0.15, -0.1) is 0 Å². The summed E-state index contributed by atoms with van der Waals surface area (Å²) in [5.74, 6) is -1.41. The quantitative estimate of drug-likeness (QED) is 0.903. The molecule has 0 unspecified atom stereocenters. The number of anilines is 1. The smallest absolute Gasteiger partial charge is 0.251 e. The van der Waals surface area contributed by atoms with Gasteiger partial charge in [-0.2, -0.15) is 0 Å². The van der Waals surface area contributed by atoms with E-state index in [2.05, 4.69) is 4.98 Å². The third kappa shape index (κ3) is 2.92. The van der Waals surface area contributed by atoms with Crippen LogP contribution in [0.15, 0.2) is 30.5 Å². The number of nitrogen functional groups attached to an aromatic ring is 1. The lowest BCUT2D eigenvalue weighted by Gasteiger charge is -2.07. The molecular formula is C12H9ClFN3O2. The molecule has 0 saturated heterocycles. The molecule has 0 aliphatic rings. The van der Waals surface area contributed by atoms with Crippen molar-refractivity contribution in [1.29, 1.82) is 0 Å². The van der Waals surface area contributed by atoms with Crippen LogP contribution in [0.4, 0.5) is 10.1 Å². The Morgan fingerprint density at radius 1 is 1.37 bits per heavy atom. The van der Waals surface area contributed by atoms with E-state index in [1.165, 1.54) is 24.4 Å². The SMILES string of the molecule is NC(=O)c1ccc(Oc2ncc(N)cc2Cl)cc1F. The number of pyridine rings is 1. The first kappa shape index (κ1) is 13.1. The molecule has 7 heteroatoms. The van der Waals surface area contributed by atoms with Gasteiger partial charge in [0.05, 0.1) is 17.4 Å². The lowest BCUT2D eigenvalue weighted by atomic mass is 10.2. The minimum absolute atomic E-state index is 0.0853. The maximum atomic E-state index is 13.5. The van der Waals surface area contributed by atoms with Crippen molar-refractivity contribution in [3.63, 3.8) is 0 Å². The van der Waals surface area contributed by atoms with Crippen LogP contribution in [0.25, 0.3) is 0 Å². The summed E-state index contributed by atoms with van der Waals surface area (Å²) in [7, 11) is 0. The van der Waals surface area contributed by atoms with Gasteiger partial charge in [-0.25, -0.2) is 9.37 Å². The third-order valence-corrected chi connectivity index (χ3v) is 2.52. The van der Waals surface area contributed by atoms with E-state index in [0.717, 1.165) is 6.07 Å². The Hall–Kier alpha value is -2.34. The first-order chi connectivity index (χ1) is 8.97. The molecule has 0 atom stereocenters. The molecule has 0 spiro atoms. The molecule has 0 aliphatic carbocycles. The monoisotopic (exact) mass is 281 g/mol. The molecule has 0 fully saturated rings.